The summed E-state index contributed by atoms with van der Waals surface area (Å²) in [5.74, 6) is 0. The van der Waals surface area contributed by atoms with E-state index in [0.29, 0.717) is 0 Å². The second-order valence-electron chi connectivity index (χ2n) is 0.748. The van der Waals surface area contributed by atoms with Crippen LogP contribution in [0.4, 0.5) is 0 Å². The van der Waals surface area contributed by atoms with Crippen LogP contribution in [0.15, 0.2) is 0 Å². The van der Waals surface area contributed by atoms with E-state index in [4.69, 9.17) is 10.2 Å². The van der Waals surface area contributed by atoms with Crippen LogP contribution in [0.25, 0.3) is 0 Å². The van der Waals surface area contributed by atoms with Crippen molar-refractivity contribution >= 4 is 31.9 Å². The minimum atomic E-state index is -1.31. The lowest BCUT2D eigenvalue weighted by Gasteiger charge is -1.99. The average Bonchev–Trinajstić information content (AvgIpc) is 1.36. The molecule has 2 N–H and O–H groups in total. The van der Waals surface area contributed by atoms with Crippen molar-refractivity contribution in [3.63, 3.8) is 0 Å². The zero-order valence-corrected chi connectivity index (χ0v) is 5.98. The smallest absolute Gasteiger partial charge is 0.174 e. The van der Waals surface area contributed by atoms with Gasteiger partial charge in [-0.25, -0.2) is 0 Å². The molecule has 0 rings (SSSR count). The van der Waals surface area contributed by atoms with Gasteiger partial charge in [-0.15, -0.1) is 0 Å². The molecule has 0 amide bonds. The van der Waals surface area contributed by atoms with Crippen LogP contribution in [0, 0.1) is 0 Å². The van der Waals surface area contributed by atoms with Crippen LogP contribution < -0.4 is 0 Å². The van der Waals surface area contributed by atoms with Gasteiger partial charge in [0.15, 0.2) is 6.29 Å². The normalized spacial score (nSPS) is 11.0. The number of alkyl halides is 2. The van der Waals surface area contributed by atoms with Crippen molar-refractivity contribution in [3.8, 4) is 0 Å². The van der Waals surface area contributed by atoms with Gasteiger partial charge in [-0.1, -0.05) is 31.9 Å². The quantitative estimate of drug-likeness (QED) is 0.496. The Morgan fingerprint density at radius 3 is 1.33 bits per heavy atom. The maximum absolute atomic E-state index is 8.09. The Hall–Kier alpha value is 0.880. The van der Waals surface area contributed by atoms with Crippen molar-refractivity contribution in [2.24, 2.45) is 0 Å². The number of hydrogen-bond donors (Lipinski definition) is 2. The van der Waals surface area contributed by atoms with Crippen LogP contribution in [0.2, 0.25) is 0 Å². The fraction of sp³-hybridized carbons (Fsp3) is 1.00. The fourth-order valence-corrected chi connectivity index (χ4v) is 0. The summed E-state index contributed by atoms with van der Waals surface area (Å²) in [4.78, 5) is 0. The summed E-state index contributed by atoms with van der Waals surface area (Å²) in [6, 6.07) is 0. The molecule has 0 atom stereocenters. The molecular weight excluding hydrogens is 216 g/mol. The first-order valence-electron chi connectivity index (χ1n) is 1.29. The van der Waals surface area contributed by atoms with E-state index in [2.05, 4.69) is 31.9 Å². The lowest BCUT2D eigenvalue weighted by Crippen LogP contribution is -2.11. The van der Waals surface area contributed by atoms with Gasteiger partial charge in [-0.05, 0) is 0 Å². The van der Waals surface area contributed by atoms with Gasteiger partial charge in [0, 0.05) is 0 Å². The molecule has 0 saturated carbocycles. The molecule has 6 heavy (non-hydrogen) atoms. The van der Waals surface area contributed by atoms with Crippen molar-refractivity contribution in [1.29, 1.82) is 0 Å². The third-order valence-electron chi connectivity index (χ3n) is 0.225. The van der Waals surface area contributed by atoms with Gasteiger partial charge >= 0.3 is 0 Å². The highest BCUT2D eigenvalue weighted by Crippen LogP contribution is 2.09. The standard InChI is InChI=1S/C2H4Br2O2/c3-1(4)2(5)6/h1-2,5-6H. The second-order valence-corrected chi connectivity index (χ2v) is 3.95. The molecule has 0 spiro atoms. The van der Waals surface area contributed by atoms with E-state index in [0.717, 1.165) is 0 Å². The van der Waals surface area contributed by atoms with Crippen molar-refractivity contribution in [3.05, 3.63) is 0 Å². The number of aliphatic hydroxyl groups is 2. The molecule has 0 aromatic rings. The Balaban J connectivity index is 2.99. The van der Waals surface area contributed by atoms with E-state index in [1.54, 1.807) is 0 Å². The highest BCUT2D eigenvalue weighted by Gasteiger charge is 2.04. The summed E-state index contributed by atoms with van der Waals surface area (Å²) in [5, 5.41) is 16.2. The molecule has 0 heterocycles. The van der Waals surface area contributed by atoms with Crippen LogP contribution in [0.1, 0.15) is 0 Å². The van der Waals surface area contributed by atoms with E-state index in [1.807, 2.05) is 0 Å². The Bertz CT molecular complexity index is 30.5. The number of aliphatic hydroxyl groups excluding tert-OH is 1. The van der Waals surface area contributed by atoms with Crippen molar-refractivity contribution < 1.29 is 10.2 Å². The van der Waals surface area contributed by atoms with Crippen LogP contribution >= 0.6 is 31.9 Å². The molecule has 0 aliphatic heterocycles. The Morgan fingerprint density at radius 2 is 1.33 bits per heavy atom. The molecule has 4 heteroatoms. The first-order valence-corrected chi connectivity index (χ1v) is 3.12. The van der Waals surface area contributed by atoms with Gasteiger partial charge in [0.05, 0.1) is 0 Å². The highest BCUT2D eigenvalue weighted by atomic mass is 79.9. The van der Waals surface area contributed by atoms with Gasteiger partial charge in [0.25, 0.3) is 0 Å². The zero-order valence-electron chi connectivity index (χ0n) is 2.81. The summed E-state index contributed by atoms with van der Waals surface area (Å²) >= 11 is 5.71. The van der Waals surface area contributed by atoms with E-state index >= 15 is 0 Å². The lowest BCUT2D eigenvalue weighted by atomic mass is 10.8. The Morgan fingerprint density at radius 1 is 1.17 bits per heavy atom. The first-order chi connectivity index (χ1) is 2.64. The maximum Gasteiger partial charge on any atom is 0.174 e. The predicted octanol–water partition coefficient (Wildman–Crippen LogP) is 0.413. The first kappa shape index (κ1) is 6.88. The van der Waals surface area contributed by atoms with Gasteiger partial charge in [0.2, 0.25) is 0 Å². The van der Waals surface area contributed by atoms with Crippen LogP contribution in [-0.4, -0.2) is 20.2 Å². The van der Waals surface area contributed by atoms with Gasteiger partial charge in [0.1, 0.15) is 3.74 Å². The number of hydrogen-bond acceptors (Lipinski definition) is 2. The second kappa shape index (κ2) is 2.96. The molecule has 0 radical (unpaired) electrons. The molecule has 0 aromatic carbocycles. The zero-order chi connectivity index (χ0) is 5.15. The SMILES string of the molecule is OC(O)C(Br)Br. The van der Waals surface area contributed by atoms with Crippen LogP contribution in [-0.2, 0) is 0 Å². The predicted molar refractivity (Wildman–Crippen MR) is 29.9 cm³/mol. The van der Waals surface area contributed by atoms with Crippen LogP contribution in [0.3, 0.4) is 0 Å². The molecule has 0 unspecified atom stereocenters. The number of halogens is 2. The molecule has 0 aliphatic rings. The minimum absolute atomic E-state index is 0.412. The topological polar surface area (TPSA) is 40.5 Å². The van der Waals surface area contributed by atoms with Crippen LogP contribution in [0.5, 0.6) is 0 Å². The van der Waals surface area contributed by atoms with Crippen molar-refractivity contribution in [1.82, 2.24) is 0 Å². The van der Waals surface area contributed by atoms with Gasteiger partial charge in [-0.3, -0.25) is 0 Å². The summed E-state index contributed by atoms with van der Waals surface area (Å²) in [7, 11) is 0. The molecular formula is C2H4Br2O2. The van der Waals surface area contributed by atoms with Gasteiger partial charge in [-0.2, -0.15) is 0 Å². The lowest BCUT2D eigenvalue weighted by molar-refractivity contribution is -0.0226. The minimum Gasteiger partial charge on any atom is -0.366 e. The van der Waals surface area contributed by atoms with E-state index in [9.17, 15) is 0 Å². The monoisotopic (exact) mass is 218 g/mol. The maximum atomic E-state index is 8.09. The molecule has 0 aromatic heterocycles. The van der Waals surface area contributed by atoms with Gasteiger partial charge < -0.3 is 10.2 Å². The van der Waals surface area contributed by atoms with E-state index < -0.39 is 10.0 Å². The van der Waals surface area contributed by atoms with Crippen molar-refractivity contribution in [2.75, 3.05) is 0 Å². The molecule has 0 fully saturated rings. The molecule has 0 bridgehead atoms. The molecule has 0 aliphatic carbocycles. The van der Waals surface area contributed by atoms with Crippen molar-refractivity contribution in [2.45, 2.75) is 10.0 Å². The Labute approximate surface area is 52.4 Å². The third kappa shape index (κ3) is 3.08. The highest BCUT2D eigenvalue weighted by molar-refractivity contribution is 9.24. The largest absolute Gasteiger partial charge is 0.366 e. The summed E-state index contributed by atoms with van der Waals surface area (Å²) in [6.07, 6.45) is -1.31. The van der Waals surface area contributed by atoms with E-state index in [1.165, 1.54) is 0 Å². The Kier molecular flexibility index (Phi) is 3.39. The molecule has 38 valence electrons. The fourth-order valence-electron chi connectivity index (χ4n) is 0. The molecule has 2 nitrogen and oxygen atoms in total. The number of rotatable bonds is 1. The summed E-state index contributed by atoms with van der Waals surface area (Å²) in [6.45, 7) is 0. The molecule has 0 saturated heterocycles. The van der Waals surface area contributed by atoms with E-state index in [-0.39, 0.29) is 0 Å². The summed E-state index contributed by atoms with van der Waals surface area (Å²) in [5.41, 5.74) is 0. The third-order valence-corrected chi connectivity index (χ3v) is 1.17. The summed E-state index contributed by atoms with van der Waals surface area (Å²) < 4.78 is -0.412. The average molecular weight is 220 g/mol.